The second-order valence-corrected chi connectivity index (χ2v) is 10.9. The van der Waals surface area contributed by atoms with Crippen LogP contribution in [0.3, 0.4) is 0 Å². The lowest BCUT2D eigenvalue weighted by Crippen LogP contribution is -2.25. The number of rotatable bonds is 7. The van der Waals surface area contributed by atoms with Crippen molar-refractivity contribution >= 4 is 44.2 Å². The van der Waals surface area contributed by atoms with Gasteiger partial charge in [-0.25, -0.2) is 8.42 Å². The molecule has 4 rings (SSSR count). The summed E-state index contributed by atoms with van der Waals surface area (Å²) in [4.78, 5) is 26.5. The summed E-state index contributed by atoms with van der Waals surface area (Å²) in [6.07, 6.45) is 1.20. The molecule has 36 heavy (non-hydrogen) atoms. The van der Waals surface area contributed by atoms with E-state index in [4.69, 9.17) is 16.3 Å². The molecular weight excluding hydrogens is 500 g/mol. The molecule has 0 saturated carbocycles. The van der Waals surface area contributed by atoms with E-state index in [0.717, 1.165) is 22.8 Å². The molecule has 186 valence electrons. The number of amides is 1. The molecule has 0 aliphatic carbocycles. The van der Waals surface area contributed by atoms with Crippen LogP contribution in [-0.2, 0) is 27.6 Å². The number of aromatic nitrogens is 1. The van der Waals surface area contributed by atoms with Crippen LogP contribution in [0.4, 0.5) is 0 Å². The van der Waals surface area contributed by atoms with Gasteiger partial charge in [-0.15, -0.1) is 0 Å². The van der Waals surface area contributed by atoms with Gasteiger partial charge in [0.1, 0.15) is 5.75 Å². The molecule has 0 unspecified atom stereocenters. The van der Waals surface area contributed by atoms with E-state index in [1.807, 2.05) is 13.0 Å². The van der Waals surface area contributed by atoms with Crippen molar-refractivity contribution in [3.05, 3.63) is 94.1 Å². The Morgan fingerprint density at radius 2 is 1.67 bits per heavy atom. The average Bonchev–Trinajstić information content (AvgIpc) is 3.12. The monoisotopic (exact) mass is 524 g/mol. The van der Waals surface area contributed by atoms with Crippen molar-refractivity contribution < 1.29 is 22.7 Å². The van der Waals surface area contributed by atoms with Gasteiger partial charge >= 0.3 is 0 Å². The van der Waals surface area contributed by atoms with E-state index in [1.165, 1.54) is 12.1 Å². The Kier molecular flexibility index (Phi) is 7.19. The molecule has 0 radical (unpaired) electrons. The lowest BCUT2D eigenvalue weighted by Gasteiger charge is -2.09. The van der Waals surface area contributed by atoms with E-state index in [-0.39, 0.29) is 29.7 Å². The van der Waals surface area contributed by atoms with E-state index in [2.05, 4.69) is 5.32 Å². The van der Waals surface area contributed by atoms with Gasteiger partial charge in [0.15, 0.2) is 9.84 Å². The van der Waals surface area contributed by atoms with Crippen molar-refractivity contribution in [2.45, 2.75) is 24.8 Å². The van der Waals surface area contributed by atoms with Crippen LogP contribution < -0.4 is 10.1 Å². The molecule has 3 aromatic carbocycles. The van der Waals surface area contributed by atoms with Crippen LogP contribution in [0.1, 0.15) is 27.2 Å². The van der Waals surface area contributed by atoms with Crippen molar-refractivity contribution in [2.75, 3.05) is 13.4 Å². The minimum Gasteiger partial charge on any atom is -0.497 e. The van der Waals surface area contributed by atoms with E-state index in [0.29, 0.717) is 27.5 Å². The number of carbonyl (C=O) groups excluding carboxylic acids is 2. The summed E-state index contributed by atoms with van der Waals surface area (Å²) in [7, 11) is -1.72. The van der Waals surface area contributed by atoms with Crippen LogP contribution in [0.5, 0.6) is 5.75 Å². The minimum absolute atomic E-state index is 0.0534. The SMILES string of the molecule is COc1ccc2c(c1)c(CC(=O)NCc1ccc(S(C)(=O)=O)cc1)c(C)n2C(=O)c1ccc(Cl)cc1. The van der Waals surface area contributed by atoms with Gasteiger partial charge in [0, 0.05) is 34.5 Å². The van der Waals surface area contributed by atoms with Crippen molar-refractivity contribution in [3.8, 4) is 5.75 Å². The number of fused-ring (bicyclic) bond motifs is 1. The fraction of sp³-hybridized carbons (Fsp3) is 0.185. The summed E-state index contributed by atoms with van der Waals surface area (Å²) in [5.74, 6) is 0.161. The third-order valence-corrected chi connectivity index (χ3v) is 7.40. The minimum atomic E-state index is -3.28. The highest BCUT2D eigenvalue weighted by Gasteiger charge is 2.22. The van der Waals surface area contributed by atoms with Gasteiger partial charge < -0.3 is 10.1 Å². The van der Waals surface area contributed by atoms with Crippen LogP contribution >= 0.6 is 11.6 Å². The average molecular weight is 525 g/mol. The molecule has 0 bridgehead atoms. The normalized spacial score (nSPS) is 11.4. The quantitative estimate of drug-likeness (QED) is 0.382. The number of methoxy groups -OCH3 is 1. The number of nitrogens with one attached hydrogen (secondary N) is 1. The van der Waals surface area contributed by atoms with Gasteiger partial charge in [0.25, 0.3) is 5.91 Å². The van der Waals surface area contributed by atoms with E-state index >= 15 is 0 Å². The van der Waals surface area contributed by atoms with Gasteiger partial charge in [0.05, 0.1) is 23.9 Å². The van der Waals surface area contributed by atoms with Crippen molar-refractivity contribution in [3.63, 3.8) is 0 Å². The third kappa shape index (κ3) is 5.29. The highest BCUT2D eigenvalue weighted by Crippen LogP contribution is 2.31. The first-order valence-electron chi connectivity index (χ1n) is 11.1. The molecule has 0 aliphatic rings. The zero-order valence-electron chi connectivity index (χ0n) is 20.0. The predicted molar refractivity (Wildman–Crippen MR) is 140 cm³/mol. The smallest absolute Gasteiger partial charge is 0.262 e. The van der Waals surface area contributed by atoms with Crippen molar-refractivity contribution in [1.29, 1.82) is 0 Å². The largest absolute Gasteiger partial charge is 0.497 e. The summed E-state index contributed by atoms with van der Waals surface area (Å²) >= 11 is 5.98. The molecule has 4 aromatic rings. The van der Waals surface area contributed by atoms with Crippen LogP contribution in [-0.4, -0.2) is 38.2 Å². The lowest BCUT2D eigenvalue weighted by molar-refractivity contribution is -0.120. The number of halogens is 1. The highest BCUT2D eigenvalue weighted by atomic mass is 35.5. The first kappa shape index (κ1) is 25.5. The maximum absolute atomic E-state index is 13.4. The number of hydrogen-bond donors (Lipinski definition) is 1. The van der Waals surface area contributed by atoms with Crippen LogP contribution in [0.25, 0.3) is 10.9 Å². The first-order chi connectivity index (χ1) is 17.1. The second kappa shape index (κ2) is 10.2. The summed E-state index contributed by atoms with van der Waals surface area (Å²) in [6.45, 7) is 2.06. The topological polar surface area (TPSA) is 94.5 Å². The van der Waals surface area contributed by atoms with Crippen LogP contribution in [0.15, 0.2) is 71.6 Å². The number of ether oxygens (including phenoxy) is 1. The van der Waals surface area contributed by atoms with Crippen LogP contribution in [0.2, 0.25) is 5.02 Å². The van der Waals surface area contributed by atoms with Gasteiger partial charge in [-0.2, -0.15) is 0 Å². The number of sulfone groups is 1. The molecule has 0 spiro atoms. The van der Waals surface area contributed by atoms with Gasteiger partial charge in [-0.05, 0) is 72.6 Å². The zero-order chi connectivity index (χ0) is 26.0. The first-order valence-corrected chi connectivity index (χ1v) is 13.4. The van der Waals surface area contributed by atoms with Crippen LogP contribution in [0, 0.1) is 6.92 Å². The van der Waals surface area contributed by atoms with E-state index < -0.39 is 9.84 Å². The Balaban J connectivity index is 1.62. The van der Waals surface area contributed by atoms with E-state index in [1.54, 1.807) is 60.2 Å². The molecule has 0 atom stereocenters. The zero-order valence-corrected chi connectivity index (χ0v) is 21.6. The molecule has 0 aliphatic heterocycles. The Bertz CT molecular complexity index is 1560. The number of carbonyl (C=O) groups is 2. The highest BCUT2D eigenvalue weighted by molar-refractivity contribution is 7.90. The molecule has 7 nitrogen and oxygen atoms in total. The summed E-state index contributed by atoms with van der Waals surface area (Å²) in [5.41, 5.74) is 3.30. The number of nitrogens with zero attached hydrogens (tertiary/aromatic N) is 1. The lowest BCUT2D eigenvalue weighted by atomic mass is 10.1. The Labute approximate surface area is 214 Å². The molecule has 1 amide bonds. The molecule has 0 saturated heterocycles. The molecule has 0 fully saturated rings. The predicted octanol–water partition coefficient (Wildman–Crippen LogP) is 4.56. The third-order valence-electron chi connectivity index (χ3n) is 6.01. The number of benzene rings is 3. The van der Waals surface area contributed by atoms with E-state index in [9.17, 15) is 18.0 Å². The fourth-order valence-corrected chi connectivity index (χ4v) is 4.83. The Morgan fingerprint density at radius 3 is 2.28 bits per heavy atom. The summed E-state index contributed by atoms with van der Waals surface area (Å²) in [5, 5.41) is 4.16. The fourth-order valence-electron chi connectivity index (χ4n) is 4.07. The standard InChI is InChI=1S/C27H25ClN2O5S/c1-17-23(15-26(31)29-16-18-4-11-22(12-5-18)36(3,33)34)24-14-21(35-2)10-13-25(24)30(17)27(32)19-6-8-20(28)9-7-19/h4-14H,15-16H2,1-3H3,(H,29,31). The molecule has 1 heterocycles. The van der Waals surface area contributed by atoms with Crippen molar-refractivity contribution in [2.24, 2.45) is 0 Å². The summed E-state index contributed by atoms with van der Waals surface area (Å²) in [6, 6.07) is 18.4. The maximum Gasteiger partial charge on any atom is 0.262 e. The van der Waals surface area contributed by atoms with Gasteiger partial charge in [0.2, 0.25) is 5.91 Å². The molecule has 1 N–H and O–H groups in total. The van der Waals surface area contributed by atoms with Gasteiger partial charge in [-0.3, -0.25) is 14.2 Å². The molecular formula is C27H25ClN2O5S. The van der Waals surface area contributed by atoms with Gasteiger partial charge in [-0.1, -0.05) is 23.7 Å². The maximum atomic E-state index is 13.4. The summed E-state index contributed by atoms with van der Waals surface area (Å²) < 4.78 is 30.3. The Morgan fingerprint density at radius 1 is 1.00 bits per heavy atom. The molecule has 1 aromatic heterocycles. The Hall–Kier alpha value is -3.62. The molecule has 9 heteroatoms. The number of hydrogen-bond acceptors (Lipinski definition) is 5. The second-order valence-electron chi connectivity index (χ2n) is 8.46. The van der Waals surface area contributed by atoms with Crippen molar-refractivity contribution in [1.82, 2.24) is 9.88 Å².